The lowest BCUT2D eigenvalue weighted by atomic mass is 9.90. The lowest BCUT2D eigenvalue weighted by molar-refractivity contribution is 0.0959. The first kappa shape index (κ1) is 18.2. The smallest absolute Gasteiger partial charge is 0.281 e. The number of nitrogens with zero attached hydrogens (tertiary/aromatic N) is 2. The highest BCUT2D eigenvalue weighted by Gasteiger charge is 2.20. The molecule has 1 aliphatic heterocycles. The van der Waals surface area contributed by atoms with Crippen molar-refractivity contribution < 1.29 is 4.79 Å². The van der Waals surface area contributed by atoms with E-state index < -0.39 is 0 Å². The number of fused-ring (bicyclic) bond motifs is 1. The molecular formula is C22H27N3OS. The number of hydrazone groups is 1. The molecule has 2 aliphatic rings. The number of carbonyl (C=O) groups is 1. The minimum Gasteiger partial charge on any atom is -0.372 e. The van der Waals surface area contributed by atoms with Crippen LogP contribution in [0.5, 0.6) is 0 Å². The minimum absolute atomic E-state index is 0.108. The molecule has 2 heterocycles. The summed E-state index contributed by atoms with van der Waals surface area (Å²) in [5.74, 6) is 0.609. The maximum atomic E-state index is 12.4. The van der Waals surface area contributed by atoms with Crippen molar-refractivity contribution >= 4 is 29.1 Å². The molecule has 1 N–H and O–H groups in total. The van der Waals surface area contributed by atoms with Crippen LogP contribution in [0, 0.1) is 5.92 Å². The summed E-state index contributed by atoms with van der Waals surface area (Å²) < 4.78 is 0. The molecule has 5 heteroatoms. The molecular weight excluding hydrogens is 354 g/mol. The van der Waals surface area contributed by atoms with Gasteiger partial charge in [-0.1, -0.05) is 19.1 Å². The fraction of sp³-hybridized carbons (Fsp3) is 0.455. The second kappa shape index (κ2) is 8.26. The molecule has 1 atom stereocenters. The van der Waals surface area contributed by atoms with E-state index in [9.17, 15) is 4.79 Å². The van der Waals surface area contributed by atoms with Crippen LogP contribution in [0.2, 0.25) is 0 Å². The van der Waals surface area contributed by atoms with Crippen molar-refractivity contribution in [3.05, 3.63) is 51.2 Å². The molecule has 27 heavy (non-hydrogen) atoms. The quantitative estimate of drug-likeness (QED) is 0.620. The third kappa shape index (κ3) is 4.41. The van der Waals surface area contributed by atoms with Gasteiger partial charge in [0, 0.05) is 23.7 Å². The average molecular weight is 382 g/mol. The Balaban J connectivity index is 1.34. The van der Waals surface area contributed by atoms with Crippen LogP contribution in [-0.4, -0.2) is 25.2 Å². The number of thiophene rings is 1. The molecule has 142 valence electrons. The van der Waals surface area contributed by atoms with Gasteiger partial charge in [-0.3, -0.25) is 4.79 Å². The lowest BCUT2D eigenvalue weighted by Gasteiger charge is -2.28. The Labute approximate surface area is 165 Å². The number of carbonyl (C=O) groups excluding carboxylic acids is 1. The summed E-state index contributed by atoms with van der Waals surface area (Å²) in [4.78, 5) is 17.0. The van der Waals surface area contributed by atoms with Gasteiger partial charge in [0.1, 0.15) is 0 Å². The predicted molar refractivity (Wildman–Crippen MR) is 113 cm³/mol. The topological polar surface area (TPSA) is 44.7 Å². The number of anilines is 1. The molecule has 2 aromatic rings. The fourth-order valence-electron chi connectivity index (χ4n) is 3.96. The molecule has 1 aromatic carbocycles. The second-order valence-corrected chi connectivity index (χ2v) is 8.88. The maximum Gasteiger partial charge on any atom is 0.281 e. The van der Waals surface area contributed by atoms with Crippen LogP contribution in [0.3, 0.4) is 0 Å². The summed E-state index contributed by atoms with van der Waals surface area (Å²) in [6.45, 7) is 4.57. The molecule has 1 aliphatic carbocycles. The lowest BCUT2D eigenvalue weighted by Crippen LogP contribution is -2.29. The first-order valence-electron chi connectivity index (χ1n) is 9.99. The fourth-order valence-corrected chi connectivity index (χ4v) is 5.06. The van der Waals surface area contributed by atoms with Crippen LogP contribution >= 0.6 is 11.3 Å². The Bertz CT molecular complexity index is 819. The SMILES string of the molecule is C[C@H]1CCc2sc(C(=O)N/N=C\c3ccc(N4CCCCC4)cc3)cc2C1. The summed E-state index contributed by atoms with van der Waals surface area (Å²) in [5.41, 5.74) is 6.29. The molecule has 1 fully saturated rings. The highest BCUT2D eigenvalue weighted by atomic mass is 32.1. The minimum atomic E-state index is -0.108. The van der Waals surface area contributed by atoms with Gasteiger partial charge in [-0.25, -0.2) is 5.43 Å². The molecule has 1 aromatic heterocycles. The van der Waals surface area contributed by atoms with E-state index in [2.05, 4.69) is 46.6 Å². The Kier molecular flexibility index (Phi) is 5.58. The van der Waals surface area contributed by atoms with Crippen LogP contribution < -0.4 is 10.3 Å². The molecule has 1 saturated heterocycles. The third-order valence-electron chi connectivity index (χ3n) is 5.55. The van der Waals surface area contributed by atoms with Gasteiger partial charge >= 0.3 is 0 Å². The van der Waals surface area contributed by atoms with Gasteiger partial charge in [0.15, 0.2) is 0 Å². The van der Waals surface area contributed by atoms with E-state index in [4.69, 9.17) is 0 Å². The monoisotopic (exact) mass is 381 g/mol. The zero-order valence-corrected chi connectivity index (χ0v) is 16.7. The van der Waals surface area contributed by atoms with Gasteiger partial charge in [-0.2, -0.15) is 5.10 Å². The Morgan fingerprint density at radius 1 is 1.22 bits per heavy atom. The van der Waals surface area contributed by atoms with Gasteiger partial charge in [-0.15, -0.1) is 11.3 Å². The number of aryl methyl sites for hydroxylation is 1. The van der Waals surface area contributed by atoms with Gasteiger partial charge in [0.25, 0.3) is 5.91 Å². The molecule has 4 rings (SSSR count). The molecule has 0 unspecified atom stereocenters. The second-order valence-electron chi connectivity index (χ2n) is 7.75. The van der Waals surface area contributed by atoms with Gasteiger partial charge in [-0.05, 0) is 73.8 Å². The van der Waals surface area contributed by atoms with E-state index in [1.165, 1.54) is 41.8 Å². The number of nitrogens with one attached hydrogen (secondary N) is 1. The van der Waals surface area contributed by atoms with Crippen molar-refractivity contribution in [1.29, 1.82) is 0 Å². The van der Waals surface area contributed by atoms with Crippen LogP contribution in [0.25, 0.3) is 0 Å². The molecule has 1 amide bonds. The maximum absolute atomic E-state index is 12.4. The summed E-state index contributed by atoms with van der Waals surface area (Å²) in [7, 11) is 0. The Morgan fingerprint density at radius 2 is 2.00 bits per heavy atom. The average Bonchev–Trinajstić information content (AvgIpc) is 3.12. The molecule has 0 spiro atoms. The number of hydrogen-bond donors (Lipinski definition) is 1. The number of benzene rings is 1. The highest BCUT2D eigenvalue weighted by molar-refractivity contribution is 7.14. The predicted octanol–water partition coefficient (Wildman–Crippen LogP) is 4.63. The van der Waals surface area contributed by atoms with Gasteiger partial charge < -0.3 is 4.90 Å². The van der Waals surface area contributed by atoms with Crippen molar-refractivity contribution in [1.82, 2.24) is 5.43 Å². The summed E-state index contributed by atoms with van der Waals surface area (Å²) in [5, 5.41) is 4.15. The zero-order valence-electron chi connectivity index (χ0n) is 15.9. The Hall–Kier alpha value is -2.14. The van der Waals surface area contributed by atoms with Crippen molar-refractivity contribution in [2.75, 3.05) is 18.0 Å². The van der Waals surface area contributed by atoms with Gasteiger partial charge in [0.2, 0.25) is 0 Å². The van der Waals surface area contributed by atoms with Crippen molar-refractivity contribution in [2.45, 2.75) is 45.4 Å². The van der Waals surface area contributed by atoms with E-state index in [0.29, 0.717) is 5.92 Å². The normalized spacial score (nSPS) is 19.9. The van der Waals surface area contributed by atoms with E-state index in [1.807, 2.05) is 6.07 Å². The van der Waals surface area contributed by atoms with E-state index in [1.54, 1.807) is 17.6 Å². The highest BCUT2D eigenvalue weighted by Crippen LogP contribution is 2.32. The van der Waals surface area contributed by atoms with Crippen LogP contribution in [0.15, 0.2) is 35.4 Å². The molecule has 0 saturated carbocycles. The number of piperidine rings is 1. The van der Waals surface area contributed by atoms with Crippen molar-refractivity contribution in [3.8, 4) is 0 Å². The number of hydrogen-bond acceptors (Lipinski definition) is 4. The van der Waals surface area contributed by atoms with Crippen molar-refractivity contribution in [3.63, 3.8) is 0 Å². The van der Waals surface area contributed by atoms with E-state index >= 15 is 0 Å². The largest absolute Gasteiger partial charge is 0.372 e. The van der Waals surface area contributed by atoms with E-state index in [0.717, 1.165) is 36.4 Å². The first-order chi connectivity index (χ1) is 13.2. The van der Waals surface area contributed by atoms with E-state index in [-0.39, 0.29) is 5.91 Å². The first-order valence-corrected chi connectivity index (χ1v) is 10.8. The Morgan fingerprint density at radius 3 is 2.78 bits per heavy atom. The standard InChI is InChI=1S/C22H27N3OS/c1-16-5-10-20-18(13-16)14-21(27-20)22(26)24-23-15-17-6-8-19(9-7-17)25-11-3-2-4-12-25/h6-9,14-16H,2-5,10-13H2,1H3,(H,24,26)/b23-15-/t16-/m0/s1. The van der Waals surface area contributed by atoms with Crippen molar-refractivity contribution in [2.24, 2.45) is 11.0 Å². The molecule has 4 nitrogen and oxygen atoms in total. The zero-order chi connectivity index (χ0) is 18.6. The molecule has 0 radical (unpaired) electrons. The summed E-state index contributed by atoms with van der Waals surface area (Å²) in [6, 6.07) is 10.5. The number of rotatable bonds is 4. The van der Waals surface area contributed by atoms with Crippen LogP contribution in [0.4, 0.5) is 5.69 Å². The number of amides is 1. The summed E-state index contributed by atoms with van der Waals surface area (Å²) in [6.07, 6.45) is 9.02. The van der Waals surface area contributed by atoms with Crippen LogP contribution in [-0.2, 0) is 12.8 Å². The summed E-state index contributed by atoms with van der Waals surface area (Å²) >= 11 is 1.62. The molecule has 0 bridgehead atoms. The van der Waals surface area contributed by atoms with Gasteiger partial charge in [0.05, 0.1) is 11.1 Å². The third-order valence-corrected chi connectivity index (χ3v) is 6.78. The van der Waals surface area contributed by atoms with Crippen LogP contribution in [0.1, 0.15) is 58.3 Å².